The molecule has 4 heteroatoms. The van der Waals surface area contributed by atoms with Crippen molar-refractivity contribution in [2.24, 2.45) is 0 Å². The second-order valence-electron chi connectivity index (χ2n) is 2.91. The van der Waals surface area contributed by atoms with Gasteiger partial charge in [0.15, 0.2) is 0 Å². The number of rotatable bonds is 2. The Morgan fingerprint density at radius 2 is 1.44 bits per heavy atom. The molecule has 80 valence electrons. The quantitative estimate of drug-likeness (QED) is 0.778. The van der Waals surface area contributed by atoms with Gasteiger partial charge >= 0.3 is 0 Å². The maximum Gasteiger partial charge on any atom is 0.131 e. The summed E-state index contributed by atoms with van der Waals surface area (Å²) in [6.45, 7) is 0. The van der Waals surface area contributed by atoms with Crippen LogP contribution in [0.2, 0.25) is 0 Å². The minimum Gasteiger partial charge on any atom is -0.508 e. The number of hydrogen-bond acceptors (Lipinski definition) is 4. The first-order valence-corrected chi connectivity index (χ1v) is 4.56. The molecule has 0 saturated heterocycles. The van der Waals surface area contributed by atoms with Crippen molar-refractivity contribution in [2.45, 2.75) is 0 Å². The maximum absolute atomic E-state index is 9.21. The lowest BCUT2D eigenvalue weighted by molar-refractivity contribution is 0.455. The molecule has 0 aliphatic rings. The molecular formula is C12H10N2O2. The third-order valence-corrected chi connectivity index (χ3v) is 1.80. The van der Waals surface area contributed by atoms with Crippen LogP contribution in [-0.2, 0) is 0 Å². The molecule has 16 heavy (non-hydrogen) atoms. The Kier molecular flexibility index (Phi) is 4.35. The van der Waals surface area contributed by atoms with E-state index in [1.165, 1.54) is 0 Å². The normalized spacial score (nSPS) is 8.62. The summed E-state index contributed by atoms with van der Waals surface area (Å²) in [4.78, 5) is 0. The van der Waals surface area contributed by atoms with Gasteiger partial charge in [-0.1, -0.05) is 24.3 Å². The van der Waals surface area contributed by atoms with E-state index in [9.17, 15) is 5.11 Å². The molecule has 0 unspecified atom stereocenters. The van der Waals surface area contributed by atoms with Gasteiger partial charge in [0, 0.05) is 16.9 Å². The Balaban J connectivity index is 0.000000606. The summed E-state index contributed by atoms with van der Waals surface area (Å²) < 4.78 is 5.50. The number of phenolic OH excluding ortho intramolecular Hbond substituents is 1. The van der Waals surface area contributed by atoms with Crippen LogP contribution < -0.4 is 4.74 Å². The predicted molar refractivity (Wildman–Crippen MR) is 58.1 cm³/mol. The second kappa shape index (κ2) is 6.04. The van der Waals surface area contributed by atoms with E-state index in [-0.39, 0.29) is 5.75 Å². The molecule has 0 saturated carbocycles. The molecule has 1 N–H and O–H groups in total. The summed E-state index contributed by atoms with van der Waals surface area (Å²) in [5.74, 6) is 1.60. The minimum absolute atomic E-state index is 0.207. The Morgan fingerprint density at radius 1 is 0.812 bits per heavy atom. The van der Waals surface area contributed by atoms with Crippen molar-refractivity contribution in [3.05, 3.63) is 54.6 Å². The van der Waals surface area contributed by atoms with Gasteiger partial charge in [0.1, 0.15) is 17.2 Å². The first-order chi connectivity index (χ1) is 7.84. The molecule has 2 rings (SSSR count). The van der Waals surface area contributed by atoms with Crippen molar-refractivity contribution in [1.82, 2.24) is 0 Å². The third-order valence-electron chi connectivity index (χ3n) is 1.80. The molecule has 0 atom stereocenters. The van der Waals surface area contributed by atoms with Gasteiger partial charge in [-0.2, -0.15) is 0 Å². The monoisotopic (exact) mass is 214 g/mol. The number of para-hydroxylation sites is 1. The van der Waals surface area contributed by atoms with E-state index in [2.05, 4.69) is 0 Å². The fourth-order valence-electron chi connectivity index (χ4n) is 1.17. The Hall–Kier alpha value is -2.54. The number of hydrogen-bond donors (Lipinski definition) is 1. The summed E-state index contributed by atoms with van der Waals surface area (Å²) in [5.41, 5.74) is 0. The second-order valence-corrected chi connectivity index (χ2v) is 2.91. The third kappa shape index (κ3) is 3.31. The fraction of sp³-hybridized carbons (Fsp3) is 0. The van der Waals surface area contributed by atoms with Crippen molar-refractivity contribution in [2.75, 3.05) is 0 Å². The van der Waals surface area contributed by atoms with Crippen molar-refractivity contribution >= 4 is 0 Å². The van der Waals surface area contributed by atoms with Gasteiger partial charge in [-0.25, -0.2) is 0 Å². The largest absolute Gasteiger partial charge is 0.508 e. The number of nitrogens with zero attached hydrogens (tertiary/aromatic N) is 2. The Bertz CT molecular complexity index is 455. The van der Waals surface area contributed by atoms with Crippen LogP contribution in [0.5, 0.6) is 17.2 Å². The number of ether oxygens (including phenoxy) is 1. The zero-order valence-corrected chi connectivity index (χ0v) is 8.45. The van der Waals surface area contributed by atoms with E-state index in [0.29, 0.717) is 5.75 Å². The molecule has 0 heterocycles. The van der Waals surface area contributed by atoms with E-state index >= 15 is 0 Å². The fourth-order valence-corrected chi connectivity index (χ4v) is 1.17. The highest BCUT2D eigenvalue weighted by Crippen LogP contribution is 2.23. The lowest BCUT2D eigenvalue weighted by Crippen LogP contribution is -1.82. The van der Waals surface area contributed by atoms with Gasteiger partial charge in [-0.3, -0.25) is 0 Å². The zero-order chi connectivity index (χ0) is 11.8. The first kappa shape index (κ1) is 11.5. The molecule has 0 amide bonds. The van der Waals surface area contributed by atoms with Gasteiger partial charge in [0.25, 0.3) is 0 Å². The lowest BCUT2D eigenvalue weighted by atomic mass is 10.3. The van der Waals surface area contributed by atoms with Crippen LogP contribution in [0.1, 0.15) is 0 Å². The number of phenols is 1. The SMILES string of the molecule is N#N.Oc1cccc(Oc2ccccc2)c1. The summed E-state index contributed by atoms with van der Waals surface area (Å²) in [6, 6.07) is 16.2. The average molecular weight is 214 g/mol. The van der Waals surface area contributed by atoms with Crippen LogP contribution >= 0.6 is 0 Å². The van der Waals surface area contributed by atoms with Gasteiger partial charge < -0.3 is 9.84 Å². The van der Waals surface area contributed by atoms with Gasteiger partial charge in [-0.15, -0.1) is 0 Å². The molecule has 0 spiro atoms. The van der Waals surface area contributed by atoms with Crippen LogP contribution in [0.4, 0.5) is 0 Å². The molecule has 2 aromatic rings. The highest BCUT2D eigenvalue weighted by atomic mass is 16.5. The highest BCUT2D eigenvalue weighted by molar-refractivity contribution is 5.35. The van der Waals surface area contributed by atoms with Crippen LogP contribution in [-0.4, -0.2) is 5.11 Å². The zero-order valence-electron chi connectivity index (χ0n) is 8.45. The van der Waals surface area contributed by atoms with Crippen LogP contribution in [0.25, 0.3) is 0 Å². The summed E-state index contributed by atoms with van der Waals surface area (Å²) in [7, 11) is 0. The number of benzene rings is 2. The van der Waals surface area contributed by atoms with Gasteiger partial charge in [0.05, 0.1) is 0 Å². The Morgan fingerprint density at radius 3 is 2.06 bits per heavy atom. The molecular weight excluding hydrogens is 204 g/mol. The van der Waals surface area contributed by atoms with E-state index in [1.807, 2.05) is 30.3 Å². The van der Waals surface area contributed by atoms with Gasteiger partial charge in [0.2, 0.25) is 0 Å². The van der Waals surface area contributed by atoms with Crippen molar-refractivity contribution in [3.63, 3.8) is 0 Å². The van der Waals surface area contributed by atoms with E-state index in [4.69, 9.17) is 15.5 Å². The van der Waals surface area contributed by atoms with Crippen LogP contribution in [0.15, 0.2) is 54.6 Å². The molecule has 2 aromatic carbocycles. The highest BCUT2D eigenvalue weighted by Gasteiger charge is 1.96. The van der Waals surface area contributed by atoms with E-state index < -0.39 is 0 Å². The molecule has 0 aromatic heterocycles. The molecule has 4 nitrogen and oxygen atoms in total. The topological polar surface area (TPSA) is 77.0 Å². The maximum atomic E-state index is 9.21. The minimum atomic E-state index is 0.207. The molecule has 0 bridgehead atoms. The molecule has 0 aliphatic heterocycles. The summed E-state index contributed by atoms with van der Waals surface area (Å²) in [5, 5.41) is 21.2. The van der Waals surface area contributed by atoms with Crippen LogP contribution in [0.3, 0.4) is 0 Å². The summed E-state index contributed by atoms with van der Waals surface area (Å²) >= 11 is 0. The standard InChI is InChI=1S/C12H10O2.N2/c13-10-5-4-8-12(9-10)14-11-6-2-1-3-7-11;1-2/h1-9,13H;. The van der Waals surface area contributed by atoms with Crippen molar-refractivity contribution < 1.29 is 9.84 Å². The van der Waals surface area contributed by atoms with Gasteiger partial charge in [-0.05, 0) is 24.3 Å². The smallest absolute Gasteiger partial charge is 0.131 e. The molecule has 0 fully saturated rings. The Labute approximate surface area is 93.2 Å². The molecule has 0 aliphatic carbocycles. The first-order valence-electron chi connectivity index (χ1n) is 4.56. The number of aromatic hydroxyl groups is 1. The molecule has 0 radical (unpaired) electrons. The van der Waals surface area contributed by atoms with E-state index in [1.54, 1.807) is 24.3 Å². The van der Waals surface area contributed by atoms with Crippen LogP contribution in [0, 0.1) is 10.8 Å². The lowest BCUT2D eigenvalue weighted by Gasteiger charge is -2.04. The summed E-state index contributed by atoms with van der Waals surface area (Å²) in [6.07, 6.45) is 0. The van der Waals surface area contributed by atoms with Crippen molar-refractivity contribution in [1.29, 1.82) is 10.8 Å². The van der Waals surface area contributed by atoms with E-state index in [0.717, 1.165) is 5.75 Å². The predicted octanol–water partition coefficient (Wildman–Crippen LogP) is 3.21. The average Bonchev–Trinajstić information content (AvgIpc) is 2.33. The van der Waals surface area contributed by atoms with Crippen molar-refractivity contribution in [3.8, 4) is 17.2 Å².